The standard InChI is InChI=1S/C13H7ClF2N2O3/c14-8-5-10(16)9(15)4-7(8)12(19)18-11-6(13(20)21)2-1-3-17-11/h1-5H,(H,20,21)(H,17,18,19). The normalized spacial score (nSPS) is 10.2. The number of halogens is 3. The summed E-state index contributed by atoms with van der Waals surface area (Å²) < 4.78 is 26.1. The van der Waals surface area contributed by atoms with Gasteiger partial charge in [0.15, 0.2) is 11.6 Å². The maximum absolute atomic E-state index is 13.1. The van der Waals surface area contributed by atoms with Crippen LogP contribution < -0.4 is 5.32 Å². The fourth-order valence-corrected chi connectivity index (χ4v) is 1.79. The van der Waals surface area contributed by atoms with Gasteiger partial charge in [0.25, 0.3) is 5.91 Å². The Kier molecular flexibility index (Phi) is 4.13. The fourth-order valence-electron chi connectivity index (χ4n) is 1.55. The number of hydrogen-bond acceptors (Lipinski definition) is 3. The molecule has 21 heavy (non-hydrogen) atoms. The Morgan fingerprint density at radius 1 is 1.19 bits per heavy atom. The lowest BCUT2D eigenvalue weighted by molar-refractivity contribution is 0.0697. The van der Waals surface area contributed by atoms with Crippen molar-refractivity contribution in [3.63, 3.8) is 0 Å². The maximum atomic E-state index is 13.1. The van der Waals surface area contributed by atoms with Crippen LogP contribution in [0.4, 0.5) is 14.6 Å². The molecule has 2 rings (SSSR count). The molecule has 1 aromatic heterocycles. The number of nitrogens with one attached hydrogen (secondary N) is 1. The molecule has 2 N–H and O–H groups in total. The van der Waals surface area contributed by atoms with E-state index in [9.17, 15) is 18.4 Å². The second kappa shape index (κ2) is 5.84. The summed E-state index contributed by atoms with van der Waals surface area (Å²) in [7, 11) is 0. The number of pyridine rings is 1. The lowest BCUT2D eigenvalue weighted by Crippen LogP contribution is -2.17. The molecule has 0 atom stereocenters. The molecular formula is C13H7ClF2N2O3. The van der Waals surface area contributed by atoms with Crippen LogP contribution >= 0.6 is 11.6 Å². The van der Waals surface area contributed by atoms with Gasteiger partial charge in [0.1, 0.15) is 11.4 Å². The number of carboxylic acid groups (broad SMARTS) is 1. The van der Waals surface area contributed by atoms with Gasteiger partial charge in [-0.25, -0.2) is 18.6 Å². The van der Waals surface area contributed by atoms with Gasteiger partial charge in [-0.15, -0.1) is 0 Å². The van der Waals surface area contributed by atoms with Crippen LogP contribution in [0, 0.1) is 11.6 Å². The van der Waals surface area contributed by atoms with Gasteiger partial charge in [0.05, 0.1) is 10.6 Å². The number of carboxylic acids is 1. The molecule has 0 saturated heterocycles. The van der Waals surface area contributed by atoms with Gasteiger partial charge in [-0.05, 0) is 24.3 Å². The maximum Gasteiger partial charge on any atom is 0.339 e. The van der Waals surface area contributed by atoms with Crippen molar-refractivity contribution in [2.24, 2.45) is 0 Å². The van der Waals surface area contributed by atoms with Crippen molar-refractivity contribution >= 4 is 29.3 Å². The first-order valence-corrected chi connectivity index (χ1v) is 5.92. The molecule has 0 aliphatic heterocycles. The van der Waals surface area contributed by atoms with E-state index in [-0.39, 0.29) is 22.0 Å². The van der Waals surface area contributed by atoms with Crippen LogP contribution in [-0.2, 0) is 0 Å². The number of nitrogens with zero attached hydrogens (tertiary/aromatic N) is 1. The topological polar surface area (TPSA) is 79.3 Å². The van der Waals surface area contributed by atoms with Gasteiger partial charge in [-0.1, -0.05) is 11.6 Å². The lowest BCUT2D eigenvalue weighted by atomic mass is 10.2. The average Bonchev–Trinajstić information content (AvgIpc) is 2.43. The quantitative estimate of drug-likeness (QED) is 0.854. The summed E-state index contributed by atoms with van der Waals surface area (Å²) in [6, 6.07) is 3.89. The smallest absolute Gasteiger partial charge is 0.339 e. The number of carbonyl (C=O) groups is 2. The molecule has 0 aliphatic rings. The van der Waals surface area contributed by atoms with E-state index in [0.717, 1.165) is 0 Å². The highest BCUT2D eigenvalue weighted by Gasteiger charge is 2.18. The number of aromatic nitrogens is 1. The SMILES string of the molecule is O=C(Nc1ncccc1C(=O)O)c1cc(F)c(F)cc1Cl. The Balaban J connectivity index is 2.35. The number of carbonyl (C=O) groups excluding carboxylic acids is 1. The monoisotopic (exact) mass is 312 g/mol. The van der Waals surface area contributed by atoms with Crippen molar-refractivity contribution < 1.29 is 23.5 Å². The Morgan fingerprint density at radius 2 is 1.86 bits per heavy atom. The zero-order valence-electron chi connectivity index (χ0n) is 10.2. The third kappa shape index (κ3) is 3.14. The Labute approximate surface area is 122 Å². The summed E-state index contributed by atoms with van der Waals surface area (Å²) in [5, 5.41) is 10.8. The second-order valence-electron chi connectivity index (χ2n) is 3.91. The fraction of sp³-hybridized carbons (Fsp3) is 0. The molecule has 0 aliphatic carbocycles. The van der Waals surface area contributed by atoms with E-state index in [2.05, 4.69) is 10.3 Å². The van der Waals surface area contributed by atoms with Crippen LogP contribution in [0.2, 0.25) is 5.02 Å². The minimum absolute atomic E-state index is 0.226. The molecule has 0 saturated carbocycles. The lowest BCUT2D eigenvalue weighted by Gasteiger charge is -2.08. The van der Waals surface area contributed by atoms with Crippen molar-refractivity contribution in [3.05, 3.63) is 58.2 Å². The molecule has 0 fully saturated rings. The first-order chi connectivity index (χ1) is 9.90. The van der Waals surface area contributed by atoms with Crippen molar-refractivity contribution in [1.82, 2.24) is 4.98 Å². The first-order valence-electron chi connectivity index (χ1n) is 5.54. The number of amides is 1. The molecule has 0 spiro atoms. The minimum Gasteiger partial charge on any atom is -0.478 e. The van der Waals surface area contributed by atoms with Crippen LogP contribution in [0.1, 0.15) is 20.7 Å². The highest BCUT2D eigenvalue weighted by molar-refractivity contribution is 6.34. The zero-order valence-corrected chi connectivity index (χ0v) is 11.0. The molecule has 8 heteroatoms. The van der Waals surface area contributed by atoms with Crippen molar-refractivity contribution in [3.8, 4) is 0 Å². The minimum atomic E-state index is -1.30. The highest BCUT2D eigenvalue weighted by atomic mass is 35.5. The molecule has 2 aromatic rings. The van der Waals surface area contributed by atoms with Crippen molar-refractivity contribution in [1.29, 1.82) is 0 Å². The van der Waals surface area contributed by atoms with Crippen LogP contribution in [0.15, 0.2) is 30.5 Å². The van der Waals surface area contributed by atoms with Crippen molar-refractivity contribution in [2.75, 3.05) is 5.32 Å². The van der Waals surface area contributed by atoms with E-state index in [1.807, 2.05) is 0 Å². The average molecular weight is 313 g/mol. The molecule has 0 bridgehead atoms. The van der Waals surface area contributed by atoms with E-state index in [0.29, 0.717) is 12.1 Å². The van der Waals surface area contributed by atoms with Gasteiger partial charge in [-0.2, -0.15) is 0 Å². The van der Waals surface area contributed by atoms with Gasteiger partial charge in [-0.3, -0.25) is 4.79 Å². The van der Waals surface area contributed by atoms with Gasteiger partial charge >= 0.3 is 5.97 Å². The van der Waals surface area contributed by atoms with E-state index in [1.54, 1.807) is 0 Å². The summed E-state index contributed by atoms with van der Waals surface area (Å²) in [5.74, 6) is -4.87. The molecular weight excluding hydrogens is 306 g/mol. The number of hydrogen-bond donors (Lipinski definition) is 2. The van der Waals surface area contributed by atoms with E-state index in [4.69, 9.17) is 16.7 Å². The van der Waals surface area contributed by atoms with Gasteiger partial charge in [0, 0.05) is 6.20 Å². The van der Waals surface area contributed by atoms with E-state index < -0.39 is 23.5 Å². The van der Waals surface area contributed by atoms with E-state index in [1.165, 1.54) is 18.3 Å². The molecule has 0 radical (unpaired) electrons. The van der Waals surface area contributed by atoms with Crippen LogP contribution in [0.5, 0.6) is 0 Å². The van der Waals surface area contributed by atoms with E-state index >= 15 is 0 Å². The predicted molar refractivity (Wildman–Crippen MR) is 70.5 cm³/mol. The summed E-state index contributed by atoms with van der Waals surface area (Å²) >= 11 is 5.66. The molecule has 0 unspecified atom stereocenters. The number of anilines is 1. The molecule has 5 nitrogen and oxygen atoms in total. The molecule has 108 valence electrons. The predicted octanol–water partition coefficient (Wildman–Crippen LogP) is 2.96. The van der Waals surface area contributed by atoms with Crippen molar-refractivity contribution in [2.45, 2.75) is 0 Å². The summed E-state index contributed by atoms with van der Waals surface area (Å²) in [4.78, 5) is 26.6. The summed E-state index contributed by atoms with van der Waals surface area (Å²) in [6.07, 6.45) is 1.27. The first kappa shape index (κ1) is 14.9. The molecule has 1 amide bonds. The molecule has 1 heterocycles. The number of benzene rings is 1. The number of aromatic carboxylic acids is 1. The largest absolute Gasteiger partial charge is 0.478 e. The van der Waals surface area contributed by atoms with Gasteiger partial charge in [0.2, 0.25) is 0 Å². The highest BCUT2D eigenvalue weighted by Crippen LogP contribution is 2.21. The Morgan fingerprint density at radius 3 is 2.52 bits per heavy atom. The summed E-state index contributed by atoms with van der Waals surface area (Å²) in [6.45, 7) is 0. The second-order valence-corrected chi connectivity index (χ2v) is 4.31. The third-order valence-electron chi connectivity index (χ3n) is 2.52. The van der Waals surface area contributed by atoms with Crippen LogP contribution in [-0.4, -0.2) is 22.0 Å². The molecule has 1 aromatic carbocycles. The van der Waals surface area contributed by atoms with Crippen LogP contribution in [0.3, 0.4) is 0 Å². The zero-order chi connectivity index (χ0) is 15.6. The van der Waals surface area contributed by atoms with Gasteiger partial charge < -0.3 is 10.4 Å². The number of rotatable bonds is 3. The summed E-state index contributed by atoms with van der Waals surface area (Å²) in [5.41, 5.74) is -0.581. The Bertz CT molecular complexity index is 737. The third-order valence-corrected chi connectivity index (χ3v) is 2.84. The van der Waals surface area contributed by atoms with Crippen LogP contribution in [0.25, 0.3) is 0 Å². The Hall–Kier alpha value is -2.54.